The Hall–Kier alpha value is -1.79. The Balaban J connectivity index is 4.29. The van der Waals surface area contributed by atoms with Crippen LogP contribution in [0.5, 0.6) is 0 Å². The van der Waals surface area contributed by atoms with E-state index in [1.165, 1.54) is 0 Å². The number of urea groups is 1. The average molecular weight is 273 g/mol. The Kier molecular flexibility index (Phi) is 8.32. The molecule has 0 saturated carbocycles. The minimum atomic E-state index is -1.19. The predicted molar refractivity (Wildman–Crippen MR) is 70.5 cm³/mol. The number of aliphatic carboxylic acids is 1. The predicted octanol–water partition coefficient (Wildman–Crippen LogP) is 0.537. The molecule has 0 radical (unpaired) electrons. The fourth-order valence-corrected chi connectivity index (χ4v) is 1.63. The zero-order valence-corrected chi connectivity index (χ0v) is 11.5. The molecule has 0 spiro atoms. The highest BCUT2D eigenvalue weighted by Gasteiger charge is 2.19. The first-order valence-corrected chi connectivity index (χ1v) is 6.42. The van der Waals surface area contributed by atoms with Gasteiger partial charge in [0, 0.05) is 6.04 Å². The maximum atomic E-state index is 11.8. The molecule has 3 amide bonds. The number of nitrogens with two attached hydrogens (primary N) is 1. The van der Waals surface area contributed by atoms with Crippen molar-refractivity contribution in [1.29, 1.82) is 0 Å². The molecule has 0 saturated heterocycles. The zero-order valence-electron chi connectivity index (χ0n) is 11.5. The van der Waals surface area contributed by atoms with Gasteiger partial charge in [-0.1, -0.05) is 26.2 Å². The van der Waals surface area contributed by atoms with Crippen LogP contribution < -0.4 is 11.1 Å². The molecule has 19 heavy (non-hydrogen) atoms. The van der Waals surface area contributed by atoms with E-state index in [2.05, 4.69) is 12.2 Å². The number of carbonyl (C=O) groups is 3. The second-order valence-electron chi connectivity index (χ2n) is 4.56. The summed E-state index contributed by atoms with van der Waals surface area (Å²) in [7, 11) is 0. The van der Waals surface area contributed by atoms with Crippen molar-refractivity contribution < 1.29 is 19.5 Å². The molecule has 0 aromatic carbocycles. The third-order valence-corrected chi connectivity index (χ3v) is 2.57. The van der Waals surface area contributed by atoms with E-state index >= 15 is 0 Å². The van der Waals surface area contributed by atoms with E-state index in [1.807, 2.05) is 6.92 Å². The summed E-state index contributed by atoms with van der Waals surface area (Å²) in [6, 6.07) is -0.645. The molecule has 110 valence electrons. The van der Waals surface area contributed by atoms with Gasteiger partial charge in [-0.05, 0) is 13.3 Å². The lowest BCUT2D eigenvalue weighted by Gasteiger charge is -2.22. The van der Waals surface area contributed by atoms with Crippen molar-refractivity contribution in [3.63, 3.8) is 0 Å². The number of hydrogen-bond acceptors (Lipinski definition) is 3. The summed E-state index contributed by atoms with van der Waals surface area (Å²) in [5, 5.41) is 11.3. The second kappa shape index (κ2) is 9.18. The summed E-state index contributed by atoms with van der Waals surface area (Å²) in [5.41, 5.74) is 4.98. The highest BCUT2D eigenvalue weighted by atomic mass is 16.4. The van der Waals surface area contributed by atoms with Gasteiger partial charge in [-0.2, -0.15) is 0 Å². The average Bonchev–Trinajstić information content (AvgIpc) is 2.27. The minimum absolute atomic E-state index is 0.0665. The van der Waals surface area contributed by atoms with E-state index in [4.69, 9.17) is 10.8 Å². The lowest BCUT2D eigenvalue weighted by molar-refractivity contribution is -0.137. The molecule has 0 rings (SSSR count). The lowest BCUT2D eigenvalue weighted by atomic mass is 10.1. The van der Waals surface area contributed by atoms with Crippen LogP contribution in [0.3, 0.4) is 0 Å². The topological polar surface area (TPSA) is 113 Å². The number of carboxylic acids is 1. The van der Waals surface area contributed by atoms with Crippen LogP contribution in [0.2, 0.25) is 0 Å². The molecular formula is C12H23N3O4. The van der Waals surface area contributed by atoms with E-state index in [0.717, 1.165) is 30.6 Å². The van der Waals surface area contributed by atoms with E-state index in [9.17, 15) is 14.4 Å². The summed E-state index contributed by atoms with van der Waals surface area (Å²) in [6.07, 6.45) is 3.98. The quantitative estimate of drug-likeness (QED) is 0.532. The number of carbonyl (C=O) groups excluding carboxylic acids is 2. The van der Waals surface area contributed by atoms with Crippen molar-refractivity contribution >= 4 is 17.9 Å². The van der Waals surface area contributed by atoms with Crippen LogP contribution in [-0.2, 0) is 9.59 Å². The monoisotopic (exact) mass is 273 g/mol. The first kappa shape index (κ1) is 17.2. The van der Waals surface area contributed by atoms with Crippen LogP contribution in [-0.4, -0.2) is 47.0 Å². The van der Waals surface area contributed by atoms with Gasteiger partial charge in [-0.3, -0.25) is 9.59 Å². The van der Waals surface area contributed by atoms with Gasteiger partial charge in [-0.15, -0.1) is 0 Å². The molecule has 0 heterocycles. The van der Waals surface area contributed by atoms with E-state index < -0.39 is 31.0 Å². The maximum Gasteiger partial charge on any atom is 0.323 e. The van der Waals surface area contributed by atoms with Gasteiger partial charge in [0.05, 0.1) is 0 Å². The summed E-state index contributed by atoms with van der Waals surface area (Å²) < 4.78 is 0. The van der Waals surface area contributed by atoms with Crippen LogP contribution >= 0.6 is 0 Å². The number of primary amides is 1. The number of hydrogen-bond donors (Lipinski definition) is 3. The third kappa shape index (κ3) is 8.87. The van der Waals surface area contributed by atoms with Gasteiger partial charge in [0.2, 0.25) is 5.91 Å². The Morgan fingerprint density at radius 3 is 2.37 bits per heavy atom. The van der Waals surface area contributed by atoms with Gasteiger partial charge >= 0.3 is 12.0 Å². The Morgan fingerprint density at radius 1 is 1.26 bits per heavy atom. The highest BCUT2D eigenvalue weighted by molar-refractivity contribution is 5.85. The molecule has 0 aliphatic heterocycles. The van der Waals surface area contributed by atoms with Crippen LogP contribution in [0.15, 0.2) is 0 Å². The number of nitrogens with one attached hydrogen (secondary N) is 1. The van der Waals surface area contributed by atoms with Crippen molar-refractivity contribution in [3.05, 3.63) is 0 Å². The van der Waals surface area contributed by atoms with Crippen molar-refractivity contribution in [2.75, 3.05) is 13.1 Å². The Labute approximate surface area is 113 Å². The van der Waals surface area contributed by atoms with Gasteiger partial charge < -0.3 is 21.1 Å². The largest absolute Gasteiger partial charge is 0.480 e. The van der Waals surface area contributed by atoms with Gasteiger partial charge in [0.1, 0.15) is 13.1 Å². The van der Waals surface area contributed by atoms with Gasteiger partial charge in [0.25, 0.3) is 0 Å². The molecule has 0 bridgehead atoms. The molecular weight excluding hydrogens is 250 g/mol. The molecule has 4 N–H and O–H groups in total. The van der Waals surface area contributed by atoms with Gasteiger partial charge in [-0.25, -0.2) is 4.79 Å². The van der Waals surface area contributed by atoms with E-state index in [1.54, 1.807) is 0 Å². The third-order valence-electron chi connectivity index (χ3n) is 2.57. The normalized spacial score (nSPS) is 11.7. The highest BCUT2D eigenvalue weighted by Crippen LogP contribution is 2.03. The molecule has 0 aliphatic rings. The van der Waals surface area contributed by atoms with Crippen LogP contribution in [0, 0.1) is 0 Å². The number of unbranched alkanes of at least 4 members (excludes halogenated alkanes) is 2. The van der Waals surface area contributed by atoms with Crippen molar-refractivity contribution in [2.45, 2.75) is 45.6 Å². The number of carboxylic acid groups (broad SMARTS) is 1. The number of nitrogens with zero attached hydrogens (tertiary/aromatic N) is 1. The first-order chi connectivity index (χ1) is 8.86. The molecule has 1 atom stereocenters. The lowest BCUT2D eigenvalue weighted by Crippen LogP contribution is -2.48. The molecule has 0 fully saturated rings. The Morgan fingerprint density at radius 2 is 1.89 bits per heavy atom. The van der Waals surface area contributed by atoms with Crippen LogP contribution in [0.1, 0.15) is 39.5 Å². The number of rotatable bonds is 9. The van der Waals surface area contributed by atoms with Crippen molar-refractivity contribution in [1.82, 2.24) is 10.2 Å². The smallest absolute Gasteiger partial charge is 0.323 e. The van der Waals surface area contributed by atoms with E-state index in [-0.39, 0.29) is 6.04 Å². The summed E-state index contributed by atoms with van der Waals surface area (Å²) in [6.45, 7) is 2.98. The molecule has 7 nitrogen and oxygen atoms in total. The fraction of sp³-hybridized carbons (Fsp3) is 0.750. The molecule has 0 aromatic rings. The molecule has 1 unspecified atom stereocenters. The first-order valence-electron chi connectivity index (χ1n) is 6.42. The molecule has 0 aliphatic carbocycles. The standard InChI is InChI=1S/C12H23N3O4/c1-3-4-5-6-9(2)14-12(19)15(7-10(13)16)8-11(17)18/h9H,3-8H2,1-2H3,(H2,13,16)(H,14,19)(H,17,18). The number of amides is 3. The van der Waals surface area contributed by atoms with Crippen LogP contribution in [0.25, 0.3) is 0 Å². The minimum Gasteiger partial charge on any atom is -0.480 e. The van der Waals surface area contributed by atoms with Gasteiger partial charge in [0.15, 0.2) is 0 Å². The van der Waals surface area contributed by atoms with Crippen molar-refractivity contribution in [3.8, 4) is 0 Å². The second-order valence-corrected chi connectivity index (χ2v) is 4.56. The molecule has 7 heteroatoms. The van der Waals surface area contributed by atoms with E-state index in [0.29, 0.717) is 0 Å². The maximum absolute atomic E-state index is 11.8. The fourth-order valence-electron chi connectivity index (χ4n) is 1.63. The zero-order chi connectivity index (χ0) is 14.8. The Bertz CT molecular complexity index is 304. The molecule has 0 aromatic heterocycles. The SMILES string of the molecule is CCCCCC(C)NC(=O)N(CC(N)=O)CC(=O)O. The summed E-state index contributed by atoms with van der Waals surface area (Å²) in [5.74, 6) is -1.93. The summed E-state index contributed by atoms with van der Waals surface area (Å²) in [4.78, 5) is 34.1. The van der Waals surface area contributed by atoms with Crippen LogP contribution in [0.4, 0.5) is 4.79 Å². The summed E-state index contributed by atoms with van der Waals surface area (Å²) >= 11 is 0. The van der Waals surface area contributed by atoms with Crippen molar-refractivity contribution in [2.24, 2.45) is 5.73 Å².